The van der Waals surface area contributed by atoms with Crippen molar-refractivity contribution in [2.45, 2.75) is 0 Å². The lowest BCUT2D eigenvalue weighted by Gasteiger charge is -2.10. The van der Waals surface area contributed by atoms with Gasteiger partial charge in [0.05, 0.1) is 25.3 Å². The van der Waals surface area contributed by atoms with Gasteiger partial charge in [0.2, 0.25) is 5.78 Å². The summed E-state index contributed by atoms with van der Waals surface area (Å²) in [4.78, 5) is 28.8. The van der Waals surface area contributed by atoms with Crippen molar-refractivity contribution < 1.29 is 28.5 Å². The standard InChI is InChI=1S/C23H17NO6/c1-27-18-7-3-5-14(22(18)28-2)11-20-21(25)17-9-8-16(12-19(17)30-20)29-23(26)15-6-4-10-24-13-15/h3-13H,1-2H3/b20-11-. The van der Waals surface area contributed by atoms with Crippen molar-refractivity contribution >= 4 is 17.8 Å². The van der Waals surface area contributed by atoms with Gasteiger partial charge in [-0.15, -0.1) is 0 Å². The van der Waals surface area contributed by atoms with Gasteiger partial charge in [-0.1, -0.05) is 12.1 Å². The molecular weight excluding hydrogens is 386 g/mol. The van der Waals surface area contributed by atoms with Crippen molar-refractivity contribution in [3.05, 3.63) is 83.4 Å². The van der Waals surface area contributed by atoms with Gasteiger partial charge in [-0.3, -0.25) is 9.78 Å². The molecule has 0 unspecified atom stereocenters. The fourth-order valence-electron chi connectivity index (χ4n) is 3.05. The van der Waals surface area contributed by atoms with Gasteiger partial charge in [0.1, 0.15) is 11.5 Å². The van der Waals surface area contributed by atoms with Crippen LogP contribution in [0.15, 0.2) is 66.7 Å². The quantitative estimate of drug-likeness (QED) is 0.362. The minimum absolute atomic E-state index is 0.132. The summed E-state index contributed by atoms with van der Waals surface area (Å²) in [5, 5.41) is 0. The van der Waals surface area contributed by atoms with Crippen molar-refractivity contribution in [1.29, 1.82) is 0 Å². The van der Waals surface area contributed by atoms with Crippen molar-refractivity contribution in [1.82, 2.24) is 4.98 Å². The summed E-state index contributed by atoms with van der Waals surface area (Å²) in [5.41, 5.74) is 1.33. The molecule has 0 bridgehead atoms. The van der Waals surface area contributed by atoms with Crippen LogP contribution < -0.4 is 18.9 Å². The van der Waals surface area contributed by atoms with Gasteiger partial charge in [0.15, 0.2) is 17.3 Å². The molecule has 0 saturated heterocycles. The number of rotatable bonds is 5. The van der Waals surface area contributed by atoms with Crippen LogP contribution in [0, 0.1) is 0 Å². The second kappa shape index (κ2) is 8.08. The van der Waals surface area contributed by atoms with Gasteiger partial charge in [-0.05, 0) is 36.4 Å². The van der Waals surface area contributed by atoms with E-state index in [-0.39, 0.29) is 17.3 Å². The molecule has 0 atom stereocenters. The lowest BCUT2D eigenvalue weighted by atomic mass is 10.1. The highest BCUT2D eigenvalue weighted by Gasteiger charge is 2.28. The first-order valence-electron chi connectivity index (χ1n) is 9.02. The van der Waals surface area contributed by atoms with Gasteiger partial charge in [0, 0.05) is 24.0 Å². The van der Waals surface area contributed by atoms with Crippen LogP contribution in [0.3, 0.4) is 0 Å². The molecule has 150 valence electrons. The molecule has 0 saturated carbocycles. The second-order valence-electron chi connectivity index (χ2n) is 6.31. The van der Waals surface area contributed by atoms with Crippen LogP contribution in [0.4, 0.5) is 0 Å². The molecule has 30 heavy (non-hydrogen) atoms. The van der Waals surface area contributed by atoms with Crippen LogP contribution in [0.1, 0.15) is 26.3 Å². The molecule has 2 heterocycles. The van der Waals surface area contributed by atoms with E-state index < -0.39 is 5.97 Å². The molecule has 7 nitrogen and oxygen atoms in total. The number of pyridine rings is 1. The molecule has 0 fully saturated rings. The average Bonchev–Trinajstić information content (AvgIpc) is 3.08. The van der Waals surface area contributed by atoms with Crippen LogP contribution in [-0.4, -0.2) is 31.0 Å². The van der Waals surface area contributed by atoms with E-state index in [9.17, 15) is 9.59 Å². The fourth-order valence-corrected chi connectivity index (χ4v) is 3.05. The first kappa shape index (κ1) is 19.2. The Hall–Kier alpha value is -4.13. The summed E-state index contributed by atoms with van der Waals surface area (Å²) in [6.45, 7) is 0. The molecule has 3 aromatic rings. The van der Waals surface area contributed by atoms with E-state index in [0.29, 0.717) is 33.9 Å². The fraction of sp³-hybridized carbons (Fsp3) is 0.0870. The van der Waals surface area contributed by atoms with Crippen molar-refractivity contribution in [2.24, 2.45) is 0 Å². The summed E-state index contributed by atoms with van der Waals surface area (Å²) in [5.74, 6) is 0.905. The number of fused-ring (bicyclic) bond motifs is 1. The molecule has 0 spiro atoms. The van der Waals surface area contributed by atoms with E-state index in [1.165, 1.54) is 26.5 Å². The van der Waals surface area contributed by atoms with Crippen molar-refractivity contribution in [3.8, 4) is 23.0 Å². The molecule has 0 N–H and O–H groups in total. The van der Waals surface area contributed by atoms with Gasteiger partial charge < -0.3 is 18.9 Å². The largest absolute Gasteiger partial charge is 0.493 e. The zero-order valence-electron chi connectivity index (χ0n) is 16.2. The Balaban J connectivity index is 1.59. The predicted octanol–water partition coefficient (Wildman–Crippen LogP) is 3.93. The SMILES string of the molecule is COc1cccc(/C=C2\Oc3cc(OC(=O)c4cccnc4)ccc3C2=O)c1OC. The number of nitrogens with zero attached hydrogens (tertiary/aromatic N) is 1. The molecule has 0 amide bonds. The minimum atomic E-state index is -0.552. The van der Waals surface area contributed by atoms with Crippen LogP contribution >= 0.6 is 0 Å². The molecule has 2 aromatic carbocycles. The number of Topliss-reactive ketones (excluding diaryl/α,β-unsaturated/α-hetero) is 1. The zero-order chi connectivity index (χ0) is 21.1. The van der Waals surface area contributed by atoms with E-state index in [4.69, 9.17) is 18.9 Å². The third kappa shape index (κ3) is 3.60. The van der Waals surface area contributed by atoms with E-state index in [1.54, 1.807) is 54.7 Å². The lowest BCUT2D eigenvalue weighted by Crippen LogP contribution is -2.08. The molecule has 4 rings (SSSR count). The highest BCUT2D eigenvalue weighted by Crippen LogP contribution is 2.37. The zero-order valence-corrected chi connectivity index (χ0v) is 16.2. The van der Waals surface area contributed by atoms with Gasteiger partial charge in [-0.25, -0.2) is 4.79 Å². The van der Waals surface area contributed by atoms with Gasteiger partial charge in [-0.2, -0.15) is 0 Å². The second-order valence-corrected chi connectivity index (χ2v) is 6.31. The number of methoxy groups -OCH3 is 2. The number of hydrogen-bond donors (Lipinski definition) is 0. The average molecular weight is 403 g/mol. The maximum absolute atomic E-state index is 12.7. The number of esters is 1. The number of hydrogen-bond acceptors (Lipinski definition) is 7. The van der Waals surface area contributed by atoms with Crippen LogP contribution in [0.2, 0.25) is 0 Å². The molecule has 1 aliphatic heterocycles. The molecule has 1 aromatic heterocycles. The van der Waals surface area contributed by atoms with Crippen LogP contribution in [0.5, 0.6) is 23.0 Å². The Bertz CT molecular complexity index is 1150. The lowest BCUT2D eigenvalue weighted by molar-refractivity contribution is 0.0734. The molecular formula is C23H17NO6. The van der Waals surface area contributed by atoms with Gasteiger partial charge in [0.25, 0.3) is 0 Å². The number of carbonyl (C=O) groups is 2. The van der Waals surface area contributed by atoms with E-state index in [0.717, 1.165) is 0 Å². The van der Waals surface area contributed by atoms with E-state index >= 15 is 0 Å². The Labute approximate surface area is 172 Å². The monoisotopic (exact) mass is 403 g/mol. The maximum atomic E-state index is 12.7. The topological polar surface area (TPSA) is 84.0 Å². The van der Waals surface area contributed by atoms with E-state index in [2.05, 4.69) is 4.98 Å². The smallest absolute Gasteiger partial charge is 0.345 e. The summed E-state index contributed by atoms with van der Waals surface area (Å²) >= 11 is 0. The third-order valence-electron chi connectivity index (χ3n) is 4.47. The maximum Gasteiger partial charge on any atom is 0.345 e. The Kier molecular flexibility index (Phi) is 5.17. The van der Waals surface area contributed by atoms with Crippen LogP contribution in [0.25, 0.3) is 6.08 Å². The summed E-state index contributed by atoms with van der Waals surface area (Å²) in [7, 11) is 3.06. The highest BCUT2D eigenvalue weighted by molar-refractivity contribution is 6.14. The van der Waals surface area contributed by atoms with Crippen molar-refractivity contribution in [3.63, 3.8) is 0 Å². The first-order chi connectivity index (χ1) is 14.6. The minimum Gasteiger partial charge on any atom is -0.493 e. The predicted molar refractivity (Wildman–Crippen MR) is 108 cm³/mol. The normalized spacial score (nSPS) is 13.5. The molecule has 0 aliphatic carbocycles. The number of benzene rings is 2. The summed E-state index contributed by atoms with van der Waals surface area (Å²) in [6.07, 6.45) is 4.57. The highest BCUT2D eigenvalue weighted by atomic mass is 16.5. The number of ketones is 1. The number of ether oxygens (including phenoxy) is 4. The Morgan fingerprint density at radius 2 is 1.93 bits per heavy atom. The first-order valence-corrected chi connectivity index (χ1v) is 9.02. The molecule has 1 aliphatic rings. The Morgan fingerprint density at radius 3 is 2.67 bits per heavy atom. The molecule has 7 heteroatoms. The third-order valence-corrected chi connectivity index (χ3v) is 4.47. The summed E-state index contributed by atoms with van der Waals surface area (Å²) < 4.78 is 21.8. The number of aromatic nitrogens is 1. The van der Waals surface area contributed by atoms with E-state index in [1.807, 2.05) is 0 Å². The van der Waals surface area contributed by atoms with Gasteiger partial charge >= 0.3 is 5.97 Å². The summed E-state index contributed by atoms with van der Waals surface area (Å²) in [6, 6.07) is 13.2. The molecule has 0 radical (unpaired) electrons. The number of carbonyl (C=O) groups excluding carboxylic acids is 2. The number of para-hydroxylation sites is 1. The van der Waals surface area contributed by atoms with Crippen LogP contribution in [-0.2, 0) is 0 Å². The van der Waals surface area contributed by atoms with Crippen molar-refractivity contribution in [2.75, 3.05) is 14.2 Å². The Morgan fingerprint density at radius 1 is 1.07 bits per heavy atom. The number of allylic oxidation sites excluding steroid dienone is 1.